The first kappa shape index (κ1) is 21.5. The van der Waals surface area contributed by atoms with E-state index in [0.29, 0.717) is 29.3 Å². The summed E-state index contributed by atoms with van der Waals surface area (Å²) in [7, 11) is 0. The van der Waals surface area contributed by atoms with Gasteiger partial charge in [-0.05, 0) is 44.6 Å². The predicted molar refractivity (Wildman–Crippen MR) is 112 cm³/mol. The first-order chi connectivity index (χ1) is 15.4. The fourth-order valence-electron chi connectivity index (χ4n) is 4.93. The summed E-state index contributed by atoms with van der Waals surface area (Å²) >= 11 is 0. The standard InChI is InChI=1S/C22H28F3N5O2/c23-22(24,25)32-19-11-15(12-27-20(19)26)18-13-30(21(28-18)14-1-2-14)17-5-3-16(4-6-17)29-7-9-31-10-8-29/h11-14,16-17H,1-10H2,(H2,26,27). The molecule has 0 radical (unpaired) electrons. The van der Waals surface area contributed by atoms with Crippen LogP contribution in [0, 0.1) is 0 Å². The number of rotatable bonds is 5. The number of alkyl halides is 3. The SMILES string of the molecule is Nc1ncc(-c2cn(C3CCC(N4CCOCC4)CC3)c(C3CC3)n2)cc1OC(F)(F)F. The van der Waals surface area contributed by atoms with Crippen LogP contribution in [0.5, 0.6) is 5.75 Å². The van der Waals surface area contributed by atoms with Gasteiger partial charge in [-0.25, -0.2) is 9.97 Å². The minimum absolute atomic E-state index is 0.297. The molecule has 3 fully saturated rings. The lowest BCUT2D eigenvalue weighted by Crippen LogP contribution is -2.45. The van der Waals surface area contributed by atoms with Gasteiger partial charge in [0.05, 0.1) is 18.9 Å². The highest BCUT2D eigenvalue weighted by atomic mass is 19.4. The number of nitrogen functional groups attached to an aromatic ring is 1. The number of morpholine rings is 1. The van der Waals surface area contributed by atoms with Crippen LogP contribution in [-0.4, -0.2) is 58.1 Å². The molecule has 5 rings (SSSR count). The Morgan fingerprint density at radius 1 is 1.03 bits per heavy atom. The summed E-state index contributed by atoms with van der Waals surface area (Å²) in [6.07, 6.45) is 5.20. The highest BCUT2D eigenvalue weighted by Crippen LogP contribution is 2.44. The van der Waals surface area contributed by atoms with E-state index in [2.05, 4.69) is 19.2 Å². The lowest BCUT2D eigenvalue weighted by atomic mass is 9.89. The first-order valence-electron chi connectivity index (χ1n) is 11.3. The minimum Gasteiger partial charge on any atom is -0.402 e. The molecule has 1 aliphatic heterocycles. The van der Waals surface area contributed by atoms with E-state index in [0.717, 1.165) is 70.7 Å². The number of anilines is 1. The van der Waals surface area contributed by atoms with E-state index in [1.807, 2.05) is 6.20 Å². The van der Waals surface area contributed by atoms with Crippen LogP contribution in [0.25, 0.3) is 11.3 Å². The topological polar surface area (TPSA) is 78.4 Å². The van der Waals surface area contributed by atoms with Crippen molar-refractivity contribution in [3.63, 3.8) is 0 Å². The Balaban J connectivity index is 1.35. The Bertz CT molecular complexity index is 946. The number of hydrogen-bond acceptors (Lipinski definition) is 6. The number of ether oxygens (including phenoxy) is 2. The lowest BCUT2D eigenvalue weighted by Gasteiger charge is -2.39. The molecule has 2 saturated carbocycles. The third kappa shape index (κ3) is 4.71. The molecule has 174 valence electrons. The lowest BCUT2D eigenvalue weighted by molar-refractivity contribution is -0.274. The molecule has 32 heavy (non-hydrogen) atoms. The van der Waals surface area contributed by atoms with Gasteiger partial charge in [-0.15, -0.1) is 13.2 Å². The normalized spacial score (nSPS) is 25.1. The van der Waals surface area contributed by atoms with Crippen LogP contribution >= 0.6 is 0 Å². The van der Waals surface area contributed by atoms with E-state index in [1.54, 1.807) is 0 Å². The molecule has 3 aliphatic rings. The molecule has 2 N–H and O–H groups in total. The summed E-state index contributed by atoms with van der Waals surface area (Å²) in [5.41, 5.74) is 6.67. The molecule has 7 nitrogen and oxygen atoms in total. The largest absolute Gasteiger partial charge is 0.573 e. The fraction of sp³-hybridized carbons (Fsp3) is 0.636. The van der Waals surface area contributed by atoms with Crippen LogP contribution in [0.2, 0.25) is 0 Å². The molecule has 2 aliphatic carbocycles. The molecule has 0 unspecified atom stereocenters. The smallest absolute Gasteiger partial charge is 0.402 e. The van der Waals surface area contributed by atoms with Crippen molar-refractivity contribution in [1.29, 1.82) is 0 Å². The zero-order chi connectivity index (χ0) is 22.3. The number of aromatic nitrogens is 3. The molecule has 2 aromatic heterocycles. The number of imidazole rings is 1. The maximum Gasteiger partial charge on any atom is 0.573 e. The molecule has 0 aromatic carbocycles. The third-order valence-corrected chi connectivity index (χ3v) is 6.73. The summed E-state index contributed by atoms with van der Waals surface area (Å²) in [5, 5.41) is 0. The van der Waals surface area contributed by atoms with Crippen molar-refractivity contribution in [3.8, 4) is 17.0 Å². The van der Waals surface area contributed by atoms with Gasteiger partial charge in [0.1, 0.15) is 5.82 Å². The number of pyridine rings is 1. The van der Waals surface area contributed by atoms with Crippen LogP contribution in [-0.2, 0) is 4.74 Å². The van der Waals surface area contributed by atoms with Crippen LogP contribution in [0.1, 0.15) is 56.3 Å². The van der Waals surface area contributed by atoms with Gasteiger partial charge < -0.3 is 19.8 Å². The predicted octanol–water partition coefficient (Wildman–Crippen LogP) is 4.12. The zero-order valence-corrected chi connectivity index (χ0v) is 17.9. The van der Waals surface area contributed by atoms with Crippen molar-refractivity contribution in [2.24, 2.45) is 0 Å². The van der Waals surface area contributed by atoms with Crippen molar-refractivity contribution >= 4 is 5.82 Å². The zero-order valence-electron chi connectivity index (χ0n) is 17.9. The number of hydrogen-bond donors (Lipinski definition) is 1. The van der Waals surface area contributed by atoms with Crippen molar-refractivity contribution in [3.05, 3.63) is 24.3 Å². The fourth-order valence-corrected chi connectivity index (χ4v) is 4.93. The highest BCUT2D eigenvalue weighted by molar-refractivity contribution is 5.64. The molecule has 2 aromatic rings. The Morgan fingerprint density at radius 3 is 2.38 bits per heavy atom. The van der Waals surface area contributed by atoms with E-state index in [9.17, 15) is 13.2 Å². The van der Waals surface area contributed by atoms with Gasteiger partial charge in [0.25, 0.3) is 0 Å². The van der Waals surface area contributed by atoms with Gasteiger partial charge in [0.15, 0.2) is 11.6 Å². The Labute approximate surface area is 184 Å². The quantitative estimate of drug-likeness (QED) is 0.737. The van der Waals surface area contributed by atoms with Gasteiger partial charge in [-0.3, -0.25) is 4.90 Å². The second-order valence-electron chi connectivity index (χ2n) is 8.93. The van der Waals surface area contributed by atoms with Crippen LogP contribution < -0.4 is 10.5 Å². The van der Waals surface area contributed by atoms with E-state index >= 15 is 0 Å². The van der Waals surface area contributed by atoms with Crippen molar-refractivity contribution in [1.82, 2.24) is 19.4 Å². The molecule has 0 amide bonds. The van der Waals surface area contributed by atoms with Crippen molar-refractivity contribution in [2.45, 2.75) is 62.9 Å². The average molecular weight is 451 g/mol. The maximum absolute atomic E-state index is 12.7. The van der Waals surface area contributed by atoms with Crippen molar-refractivity contribution < 1.29 is 22.6 Å². The van der Waals surface area contributed by atoms with Gasteiger partial charge in [-0.2, -0.15) is 0 Å². The second kappa shape index (κ2) is 8.55. The Morgan fingerprint density at radius 2 is 1.72 bits per heavy atom. The maximum atomic E-state index is 12.7. The Hall–Kier alpha value is -2.33. The number of halogens is 3. The molecular weight excluding hydrogens is 423 g/mol. The van der Waals surface area contributed by atoms with Crippen LogP contribution in [0.4, 0.5) is 19.0 Å². The first-order valence-corrected chi connectivity index (χ1v) is 11.3. The van der Waals surface area contributed by atoms with Gasteiger partial charge >= 0.3 is 6.36 Å². The summed E-state index contributed by atoms with van der Waals surface area (Å²) in [5.74, 6) is 0.663. The summed E-state index contributed by atoms with van der Waals surface area (Å²) in [6, 6.07) is 2.23. The van der Waals surface area contributed by atoms with Crippen LogP contribution in [0.3, 0.4) is 0 Å². The van der Waals surface area contributed by atoms with Gasteiger partial charge in [-0.1, -0.05) is 0 Å². The van der Waals surface area contributed by atoms with Gasteiger partial charge in [0.2, 0.25) is 0 Å². The molecule has 0 bridgehead atoms. The third-order valence-electron chi connectivity index (χ3n) is 6.73. The van der Waals surface area contributed by atoms with Gasteiger partial charge in [0, 0.05) is 49.0 Å². The van der Waals surface area contributed by atoms with E-state index < -0.39 is 12.1 Å². The monoisotopic (exact) mass is 451 g/mol. The van der Waals surface area contributed by atoms with E-state index in [1.165, 1.54) is 12.3 Å². The Kier molecular flexibility index (Phi) is 5.75. The van der Waals surface area contributed by atoms with E-state index in [4.69, 9.17) is 15.5 Å². The molecule has 10 heteroatoms. The van der Waals surface area contributed by atoms with E-state index in [-0.39, 0.29) is 5.82 Å². The second-order valence-corrected chi connectivity index (χ2v) is 8.93. The summed E-state index contributed by atoms with van der Waals surface area (Å²) < 4.78 is 49.9. The minimum atomic E-state index is -4.83. The summed E-state index contributed by atoms with van der Waals surface area (Å²) in [4.78, 5) is 11.3. The molecule has 3 heterocycles. The summed E-state index contributed by atoms with van der Waals surface area (Å²) in [6.45, 7) is 3.63. The molecule has 1 saturated heterocycles. The molecular formula is C22H28F3N5O2. The average Bonchev–Trinajstić information content (AvgIpc) is 3.53. The highest BCUT2D eigenvalue weighted by Gasteiger charge is 2.35. The number of nitrogens with two attached hydrogens (primary N) is 1. The molecule has 0 spiro atoms. The number of nitrogens with zero attached hydrogens (tertiary/aromatic N) is 4. The van der Waals surface area contributed by atoms with Crippen LogP contribution in [0.15, 0.2) is 18.5 Å². The molecule has 0 atom stereocenters. The van der Waals surface area contributed by atoms with Crippen molar-refractivity contribution in [2.75, 3.05) is 32.0 Å².